The summed E-state index contributed by atoms with van der Waals surface area (Å²) in [7, 11) is 1.57. The summed E-state index contributed by atoms with van der Waals surface area (Å²) >= 11 is 0. The molecule has 3 amide bonds. The van der Waals surface area contributed by atoms with Crippen LogP contribution in [-0.2, 0) is 30.4 Å². The molecule has 4 atom stereocenters. The lowest BCUT2D eigenvalue weighted by Crippen LogP contribution is -2.55. The Morgan fingerprint density at radius 2 is 2.00 bits per heavy atom. The van der Waals surface area contributed by atoms with Crippen molar-refractivity contribution in [1.29, 1.82) is 0 Å². The topological polar surface area (TPSA) is 104 Å². The van der Waals surface area contributed by atoms with Gasteiger partial charge in [0.25, 0.3) is 5.91 Å². The van der Waals surface area contributed by atoms with Crippen molar-refractivity contribution in [3.8, 4) is 0 Å². The van der Waals surface area contributed by atoms with Crippen LogP contribution >= 0.6 is 0 Å². The molecule has 0 saturated carbocycles. The zero-order valence-electron chi connectivity index (χ0n) is 20.8. The van der Waals surface area contributed by atoms with Crippen molar-refractivity contribution in [1.82, 2.24) is 20.3 Å². The summed E-state index contributed by atoms with van der Waals surface area (Å²) in [6.07, 6.45) is 5.20. The van der Waals surface area contributed by atoms with Crippen molar-refractivity contribution in [3.63, 3.8) is 0 Å². The van der Waals surface area contributed by atoms with E-state index < -0.39 is 18.1 Å². The average Bonchev–Trinajstić information content (AvgIpc) is 3.52. The first-order valence-corrected chi connectivity index (χ1v) is 12.5. The molecule has 4 rings (SSSR count). The lowest BCUT2D eigenvalue weighted by molar-refractivity contribution is -0.199. The number of amides is 3. The summed E-state index contributed by atoms with van der Waals surface area (Å²) in [6.45, 7) is 5.01. The van der Waals surface area contributed by atoms with Crippen LogP contribution in [0.1, 0.15) is 45.1 Å². The predicted molar refractivity (Wildman–Crippen MR) is 131 cm³/mol. The van der Waals surface area contributed by atoms with Gasteiger partial charge in [0.2, 0.25) is 11.8 Å². The van der Waals surface area contributed by atoms with Crippen molar-refractivity contribution < 1.29 is 24.0 Å². The number of fused-ring (bicyclic) bond motifs is 1. The molecule has 0 bridgehead atoms. The second-order valence-electron chi connectivity index (χ2n) is 9.52. The number of likely N-dealkylation sites (tertiary alicyclic amines) is 1. The van der Waals surface area contributed by atoms with Crippen LogP contribution in [-0.4, -0.2) is 77.7 Å². The van der Waals surface area contributed by atoms with E-state index in [2.05, 4.69) is 10.3 Å². The highest BCUT2D eigenvalue weighted by Gasteiger charge is 2.40. The molecule has 190 valence electrons. The summed E-state index contributed by atoms with van der Waals surface area (Å²) in [4.78, 5) is 49.6. The number of aromatic amines is 1. The fraction of sp³-hybridized carbons (Fsp3) is 0.577. The fourth-order valence-corrected chi connectivity index (χ4v) is 5.34. The lowest BCUT2D eigenvalue weighted by atomic mass is 9.94. The Hall–Kier alpha value is -2.91. The molecule has 2 N–H and O–H groups in total. The van der Waals surface area contributed by atoms with Crippen LogP contribution in [0, 0.1) is 5.92 Å². The minimum absolute atomic E-state index is 0.0169. The van der Waals surface area contributed by atoms with Gasteiger partial charge in [0.05, 0.1) is 24.7 Å². The number of carbonyl (C=O) groups is 3. The Morgan fingerprint density at radius 1 is 1.20 bits per heavy atom. The zero-order chi connectivity index (χ0) is 24.9. The SMILES string of the molecule is CO[C@H]([C@@H](C)C(=O)N[C@@H](Cc1c[nH]c2ccccc12)C(=O)N1CCCCO1)[C@@H]1CCCN1C(C)=O. The minimum atomic E-state index is -0.785. The number of nitrogens with zero attached hydrogens (tertiary/aromatic N) is 2. The number of hydrogen-bond donors (Lipinski definition) is 2. The Labute approximate surface area is 206 Å². The molecule has 9 heteroatoms. The number of nitrogens with one attached hydrogen (secondary N) is 2. The van der Waals surface area contributed by atoms with E-state index in [-0.39, 0.29) is 23.8 Å². The highest BCUT2D eigenvalue weighted by Crippen LogP contribution is 2.27. The highest BCUT2D eigenvalue weighted by molar-refractivity contribution is 5.90. The van der Waals surface area contributed by atoms with Gasteiger partial charge in [-0.2, -0.15) is 0 Å². The number of methoxy groups -OCH3 is 1. The van der Waals surface area contributed by atoms with Crippen LogP contribution in [0.4, 0.5) is 0 Å². The van der Waals surface area contributed by atoms with Gasteiger partial charge in [-0.25, -0.2) is 5.06 Å². The van der Waals surface area contributed by atoms with E-state index in [4.69, 9.17) is 9.57 Å². The van der Waals surface area contributed by atoms with E-state index in [9.17, 15) is 14.4 Å². The second kappa shape index (κ2) is 11.2. The molecule has 1 aromatic heterocycles. The highest BCUT2D eigenvalue weighted by atomic mass is 16.7. The molecule has 2 aromatic rings. The summed E-state index contributed by atoms with van der Waals surface area (Å²) < 4.78 is 5.74. The van der Waals surface area contributed by atoms with Crippen molar-refractivity contribution in [3.05, 3.63) is 36.0 Å². The largest absolute Gasteiger partial charge is 0.378 e. The van der Waals surface area contributed by atoms with Crippen LogP contribution in [0.5, 0.6) is 0 Å². The Balaban J connectivity index is 1.53. The molecule has 2 fully saturated rings. The Bertz CT molecular complexity index is 1050. The third-order valence-corrected chi connectivity index (χ3v) is 7.22. The molecule has 2 aliphatic heterocycles. The maximum atomic E-state index is 13.5. The van der Waals surface area contributed by atoms with Crippen LogP contribution in [0.15, 0.2) is 30.5 Å². The van der Waals surface area contributed by atoms with E-state index in [0.29, 0.717) is 26.1 Å². The standard InChI is InChI=1S/C26H36N4O5/c1-17(24(34-3)23-11-8-12-29(23)18(2)31)25(32)28-22(26(33)30-13-6-7-14-35-30)15-19-16-27-21-10-5-4-9-20(19)21/h4-5,9-10,16-17,22-24,27H,6-8,11-15H2,1-3H3,(H,28,32)/t17-,22+,23+,24-/m1/s1. The van der Waals surface area contributed by atoms with Gasteiger partial charge in [0.1, 0.15) is 6.04 Å². The van der Waals surface area contributed by atoms with Gasteiger partial charge < -0.3 is 19.9 Å². The van der Waals surface area contributed by atoms with E-state index in [1.165, 1.54) is 5.06 Å². The molecule has 35 heavy (non-hydrogen) atoms. The second-order valence-corrected chi connectivity index (χ2v) is 9.52. The van der Waals surface area contributed by atoms with Crippen molar-refractivity contribution in [2.45, 2.75) is 64.1 Å². The number of para-hydroxylation sites is 1. The Morgan fingerprint density at radius 3 is 2.71 bits per heavy atom. The van der Waals surface area contributed by atoms with E-state index >= 15 is 0 Å². The average molecular weight is 485 g/mol. The normalized spacial score (nSPS) is 21.1. The van der Waals surface area contributed by atoms with Crippen molar-refractivity contribution >= 4 is 28.6 Å². The zero-order valence-corrected chi connectivity index (χ0v) is 20.8. The number of hydrogen-bond acceptors (Lipinski definition) is 5. The number of ether oxygens (including phenoxy) is 1. The molecule has 2 aliphatic rings. The van der Waals surface area contributed by atoms with E-state index in [1.54, 1.807) is 25.9 Å². The molecular formula is C26H36N4O5. The molecule has 3 heterocycles. The molecule has 1 aromatic carbocycles. The van der Waals surface area contributed by atoms with E-state index in [0.717, 1.165) is 42.1 Å². The lowest BCUT2D eigenvalue weighted by Gasteiger charge is -2.34. The number of benzene rings is 1. The summed E-state index contributed by atoms with van der Waals surface area (Å²) in [6, 6.07) is 6.95. The molecule has 9 nitrogen and oxygen atoms in total. The quantitative estimate of drug-likeness (QED) is 0.599. The van der Waals surface area contributed by atoms with Crippen LogP contribution < -0.4 is 5.32 Å². The number of H-pyrrole nitrogens is 1. The molecule has 0 spiro atoms. The molecule has 0 aliphatic carbocycles. The molecule has 0 radical (unpaired) electrons. The number of carbonyl (C=O) groups excluding carboxylic acids is 3. The first kappa shape index (κ1) is 25.2. The van der Waals surface area contributed by atoms with Crippen molar-refractivity contribution in [2.75, 3.05) is 26.8 Å². The smallest absolute Gasteiger partial charge is 0.269 e. The maximum absolute atomic E-state index is 13.5. The van der Waals surface area contributed by atoms with Gasteiger partial charge in [0, 0.05) is 50.6 Å². The van der Waals surface area contributed by atoms with Crippen LogP contribution in [0.25, 0.3) is 10.9 Å². The van der Waals surface area contributed by atoms with Crippen LogP contribution in [0.2, 0.25) is 0 Å². The number of hydroxylamine groups is 2. The minimum Gasteiger partial charge on any atom is -0.378 e. The third-order valence-electron chi connectivity index (χ3n) is 7.22. The third kappa shape index (κ3) is 5.51. The first-order valence-electron chi connectivity index (χ1n) is 12.5. The number of aromatic nitrogens is 1. The van der Waals surface area contributed by atoms with E-state index in [1.807, 2.05) is 30.5 Å². The molecule has 0 unspecified atom stereocenters. The Kier molecular flexibility index (Phi) is 8.07. The van der Waals surface area contributed by atoms with Gasteiger partial charge in [-0.1, -0.05) is 25.1 Å². The summed E-state index contributed by atoms with van der Waals surface area (Å²) in [5.74, 6) is -1.10. The summed E-state index contributed by atoms with van der Waals surface area (Å²) in [5, 5.41) is 5.40. The van der Waals surface area contributed by atoms with Gasteiger partial charge in [-0.15, -0.1) is 0 Å². The summed E-state index contributed by atoms with van der Waals surface area (Å²) in [5.41, 5.74) is 1.93. The van der Waals surface area contributed by atoms with Crippen LogP contribution in [0.3, 0.4) is 0 Å². The van der Waals surface area contributed by atoms with Gasteiger partial charge in [-0.3, -0.25) is 19.2 Å². The van der Waals surface area contributed by atoms with Gasteiger partial charge in [0.15, 0.2) is 0 Å². The fourth-order valence-electron chi connectivity index (χ4n) is 5.34. The predicted octanol–water partition coefficient (Wildman–Crippen LogP) is 2.41. The number of rotatable bonds is 8. The van der Waals surface area contributed by atoms with Gasteiger partial charge >= 0.3 is 0 Å². The van der Waals surface area contributed by atoms with Crippen molar-refractivity contribution in [2.24, 2.45) is 5.92 Å². The molecule has 2 saturated heterocycles. The van der Waals surface area contributed by atoms with Gasteiger partial charge in [-0.05, 0) is 37.3 Å². The monoisotopic (exact) mass is 484 g/mol. The maximum Gasteiger partial charge on any atom is 0.269 e. The molecular weight excluding hydrogens is 448 g/mol. The first-order chi connectivity index (χ1) is 16.9.